The molecule has 0 aliphatic carbocycles. The fraction of sp³-hybridized carbons (Fsp3) is 0.522. The van der Waals surface area contributed by atoms with Crippen LogP contribution in [-0.4, -0.2) is 63.5 Å². The van der Waals surface area contributed by atoms with Crippen LogP contribution in [0.15, 0.2) is 50.3 Å². The van der Waals surface area contributed by atoms with Crippen molar-refractivity contribution in [2.45, 2.75) is 75.5 Å². The van der Waals surface area contributed by atoms with E-state index in [0.717, 1.165) is 38.5 Å². The number of carbonyl (C=O) groups is 2. The molecule has 10 nitrogen and oxygen atoms in total. The van der Waals surface area contributed by atoms with Gasteiger partial charge >= 0.3 is 11.9 Å². The van der Waals surface area contributed by atoms with Gasteiger partial charge in [-0.1, -0.05) is 0 Å². The van der Waals surface area contributed by atoms with E-state index in [0.29, 0.717) is 12.1 Å². The van der Waals surface area contributed by atoms with Gasteiger partial charge in [0.25, 0.3) is 0 Å². The summed E-state index contributed by atoms with van der Waals surface area (Å²) in [5.41, 5.74) is 17.1. The zero-order valence-electron chi connectivity index (χ0n) is 18.4. The first kappa shape index (κ1) is 23.1. The van der Waals surface area contributed by atoms with Crippen molar-refractivity contribution in [3.8, 4) is 0 Å². The van der Waals surface area contributed by atoms with Crippen LogP contribution in [-0.2, 0) is 9.59 Å². The van der Waals surface area contributed by atoms with E-state index < -0.39 is 24.0 Å². The number of nitrogens with zero attached hydrogens (tertiary/aromatic N) is 3. The number of carboxylic acid groups (broad SMARTS) is 2. The number of aliphatic imine (C=N–C) groups is 3. The largest absolute Gasteiger partial charge is 0.480 e. The Morgan fingerprint density at radius 2 is 1.39 bits per heavy atom. The lowest BCUT2D eigenvalue weighted by atomic mass is 10.0. The van der Waals surface area contributed by atoms with Gasteiger partial charge in [-0.25, -0.2) is 0 Å². The Bertz CT molecular complexity index is 1000. The molecule has 1 fully saturated rings. The molecule has 33 heavy (non-hydrogen) atoms. The molecule has 4 unspecified atom stereocenters. The zero-order chi connectivity index (χ0) is 23.5. The molecule has 0 amide bonds. The number of allylic oxidation sites excluding steroid dienone is 6. The Morgan fingerprint density at radius 1 is 0.818 bits per heavy atom. The van der Waals surface area contributed by atoms with Crippen molar-refractivity contribution in [1.82, 2.24) is 5.32 Å². The highest BCUT2D eigenvalue weighted by atomic mass is 16.4. The monoisotopic (exact) mass is 454 g/mol. The zero-order valence-corrected chi connectivity index (χ0v) is 18.4. The molecule has 10 heteroatoms. The van der Waals surface area contributed by atoms with Crippen LogP contribution in [0.3, 0.4) is 0 Å². The number of rotatable bonds is 3. The molecule has 8 bridgehead atoms. The predicted molar refractivity (Wildman–Crippen MR) is 125 cm³/mol. The standard InChI is InChI=1S/C19H22N4.C4H8N2O4/c1-3-14-10-16-5-7-18(22-16)19-8-6-17(23-19)11-15-4-2-13(21-15)9-12(1)20-14;5-1(3(7)8)2(6)4(9)10/h9-11,18-19,22H,1-8H2;1-2H,5-6H2,(H,7,8)(H,9,10)/b12-9+,15-11-,16-10-;. The number of nitrogens with one attached hydrogen (secondary N) is 1. The van der Waals surface area contributed by atoms with Crippen LogP contribution >= 0.6 is 0 Å². The Morgan fingerprint density at radius 3 is 2.00 bits per heavy atom. The summed E-state index contributed by atoms with van der Waals surface area (Å²) in [6, 6.07) is -2.15. The van der Waals surface area contributed by atoms with Crippen LogP contribution in [0.25, 0.3) is 0 Å². The van der Waals surface area contributed by atoms with E-state index in [-0.39, 0.29) is 0 Å². The van der Waals surface area contributed by atoms with Crippen LogP contribution < -0.4 is 16.8 Å². The van der Waals surface area contributed by atoms with Crippen molar-refractivity contribution in [1.29, 1.82) is 0 Å². The van der Waals surface area contributed by atoms with Gasteiger partial charge in [-0.3, -0.25) is 24.6 Å². The lowest BCUT2D eigenvalue weighted by Crippen LogP contribution is -2.51. The molecular weight excluding hydrogens is 424 g/mol. The third-order valence-corrected chi connectivity index (χ3v) is 6.40. The maximum absolute atomic E-state index is 9.98. The minimum atomic E-state index is -1.54. The van der Waals surface area contributed by atoms with Crippen LogP contribution in [0.4, 0.5) is 0 Å². The number of fused-ring (bicyclic) bond motifs is 6. The maximum Gasteiger partial charge on any atom is 0.322 e. The minimum absolute atomic E-state index is 0.432. The lowest BCUT2D eigenvalue weighted by molar-refractivity contribution is -0.146. The van der Waals surface area contributed by atoms with E-state index in [4.69, 9.17) is 36.7 Å². The Balaban J connectivity index is 0.000000223. The summed E-state index contributed by atoms with van der Waals surface area (Å²) in [5.74, 6) is -2.84. The van der Waals surface area contributed by atoms with E-state index in [1.165, 1.54) is 47.1 Å². The summed E-state index contributed by atoms with van der Waals surface area (Å²) >= 11 is 0. The summed E-state index contributed by atoms with van der Waals surface area (Å²) in [6.07, 6.45) is 15.5. The molecule has 0 spiro atoms. The fourth-order valence-electron chi connectivity index (χ4n) is 4.55. The van der Waals surface area contributed by atoms with Crippen molar-refractivity contribution in [2.24, 2.45) is 26.4 Å². The third-order valence-electron chi connectivity index (χ3n) is 6.40. The van der Waals surface area contributed by atoms with Crippen LogP contribution in [0.5, 0.6) is 0 Å². The summed E-state index contributed by atoms with van der Waals surface area (Å²) in [7, 11) is 0. The Kier molecular flexibility index (Phi) is 6.85. The molecular formula is C23H30N6O4. The van der Waals surface area contributed by atoms with Crippen molar-refractivity contribution in [3.63, 3.8) is 0 Å². The quantitative estimate of drug-likeness (QED) is 0.426. The van der Waals surface area contributed by atoms with Gasteiger partial charge in [-0.2, -0.15) is 0 Å². The van der Waals surface area contributed by atoms with Gasteiger partial charge < -0.3 is 27.0 Å². The molecule has 4 atom stereocenters. The molecule has 0 saturated carbocycles. The highest BCUT2D eigenvalue weighted by Gasteiger charge is 2.30. The first-order valence-electron chi connectivity index (χ1n) is 11.4. The molecule has 5 aliphatic rings. The lowest BCUT2D eigenvalue weighted by Gasteiger charge is -2.16. The topological polar surface area (TPSA) is 176 Å². The second-order valence-electron chi connectivity index (χ2n) is 8.89. The van der Waals surface area contributed by atoms with Crippen LogP contribution in [0.1, 0.15) is 51.4 Å². The first-order chi connectivity index (χ1) is 15.8. The van der Waals surface area contributed by atoms with Crippen molar-refractivity contribution in [2.75, 3.05) is 0 Å². The van der Waals surface area contributed by atoms with Gasteiger partial charge in [0.15, 0.2) is 0 Å². The molecule has 0 aromatic heterocycles. The Hall–Kier alpha value is -3.11. The van der Waals surface area contributed by atoms with Crippen molar-refractivity contribution in [3.05, 3.63) is 35.3 Å². The highest BCUT2D eigenvalue weighted by Crippen LogP contribution is 2.29. The van der Waals surface area contributed by atoms with E-state index in [2.05, 4.69) is 23.5 Å². The molecule has 0 radical (unpaired) electrons. The summed E-state index contributed by atoms with van der Waals surface area (Å²) in [6.45, 7) is 0. The predicted octanol–water partition coefficient (Wildman–Crippen LogP) is 1.29. The van der Waals surface area contributed by atoms with Gasteiger partial charge in [0.2, 0.25) is 0 Å². The van der Waals surface area contributed by atoms with Gasteiger partial charge in [-0.15, -0.1) is 0 Å². The molecule has 1 saturated heterocycles. The smallest absolute Gasteiger partial charge is 0.322 e. The van der Waals surface area contributed by atoms with Gasteiger partial charge in [0.05, 0.1) is 6.04 Å². The number of hydrogen-bond acceptors (Lipinski definition) is 8. The average Bonchev–Trinajstić information content (AvgIpc) is 3.56. The van der Waals surface area contributed by atoms with Gasteiger partial charge in [0.1, 0.15) is 12.1 Å². The SMILES string of the molecule is C1=C2/CCC(=N2)/C=C2\CCC(=N2)/C=C2/CCC(N2)C2CCC/1=N2.NC(C(=O)O)C(N)C(=O)O. The highest BCUT2D eigenvalue weighted by molar-refractivity contribution is 6.03. The number of aliphatic carboxylic acids is 2. The fourth-order valence-corrected chi connectivity index (χ4v) is 4.55. The second kappa shape index (κ2) is 9.80. The van der Waals surface area contributed by atoms with E-state index >= 15 is 0 Å². The molecule has 5 heterocycles. The van der Waals surface area contributed by atoms with Crippen LogP contribution in [0, 0.1) is 0 Å². The molecule has 0 aromatic rings. The molecule has 7 N–H and O–H groups in total. The molecule has 0 aromatic carbocycles. The normalized spacial score (nSPS) is 31.8. The second-order valence-corrected chi connectivity index (χ2v) is 8.89. The van der Waals surface area contributed by atoms with Crippen molar-refractivity contribution < 1.29 is 19.8 Å². The van der Waals surface area contributed by atoms with Crippen LogP contribution in [0.2, 0.25) is 0 Å². The molecule has 5 aliphatic heterocycles. The summed E-state index contributed by atoms with van der Waals surface area (Å²) in [4.78, 5) is 34.5. The number of carboxylic acids is 2. The average molecular weight is 455 g/mol. The molecule has 5 rings (SSSR count). The first-order valence-corrected chi connectivity index (χ1v) is 11.4. The summed E-state index contributed by atoms with van der Waals surface area (Å²) in [5, 5.41) is 20.0. The third kappa shape index (κ3) is 5.63. The maximum atomic E-state index is 9.98. The summed E-state index contributed by atoms with van der Waals surface area (Å²) < 4.78 is 0. The molecule has 176 valence electrons. The number of nitrogens with two attached hydrogens (primary N) is 2. The van der Waals surface area contributed by atoms with Gasteiger partial charge in [0, 0.05) is 40.3 Å². The number of hydrogen-bond donors (Lipinski definition) is 5. The van der Waals surface area contributed by atoms with Crippen molar-refractivity contribution >= 4 is 29.1 Å². The minimum Gasteiger partial charge on any atom is -0.480 e. The Labute approximate surface area is 192 Å². The van der Waals surface area contributed by atoms with E-state index in [1.54, 1.807) is 0 Å². The van der Waals surface area contributed by atoms with E-state index in [9.17, 15) is 9.59 Å². The van der Waals surface area contributed by atoms with Gasteiger partial charge in [-0.05, 0) is 69.6 Å². The van der Waals surface area contributed by atoms with E-state index in [1.807, 2.05) is 0 Å².